The molecule has 1 heterocycles. The van der Waals surface area contributed by atoms with Gasteiger partial charge in [-0.2, -0.15) is 0 Å². The van der Waals surface area contributed by atoms with Crippen LogP contribution in [0.25, 0.3) is 0 Å². The smallest absolute Gasteiger partial charge is 0.241 e. The first kappa shape index (κ1) is 12.3. The van der Waals surface area contributed by atoms with Gasteiger partial charge in [0, 0.05) is 18.3 Å². The number of halogens is 1. The molecular weight excluding hydrogens is 235 g/mol. The maximum atomic E-state index is 13.3. The van der Waals surface area contributed by atoms with Gasteiger partial charge in [0.05, 0.1) is 18.1 Å². The van der Waals surface area contributed by atoms with Crippen LogP contribution in [0.15, 0.2) is 36.8 Å². The number of aromatic nitrogens is 2. The van der Waals surface area contributed by atoms with Crippen molar-refractivity contribution >= 4 is 11.6 Å². The van der Waals surface area contributed by atoms with E-state index in [4.69, 9.17) is 5.73 Å². The first-order chi connectivity index (χ1) is 8.66. The number of hydrogen-bond donors (Lipinski definition) is 3. The number of anilines is 1. The predicted molar refractivity (Wildman–Crippen MR) is 65.3 cm³/mol. The van der Waals surface area contributed by atoms with Crippen LogP contribution in [0.3, 0.4) is 0 Å². The molecule has 4 N–H and O–H groups in total. The molecule has 0 spiro atoms. The Morgan fingerprint density at radius 3 is 2.94 bits per heavy atom. The van der Waals surface area contributed by atoms with Gasteiger partial charge in [0.25, 0.3) is 0 Å². The average Bonchev–Trinajstić information content (AvgIpc) is 2.84. The Morgan fingerprint density at radius 1 is 1.50 bits per heavy atom. The third-order valence-electron chi connectivity index (χ3n) is 2.46. The summed E-state index contributed by atoms with van der Waals surface area (Å²) in [6, 6.07) is 5.19. The second kappa shape index (κ2) is 5.42. The number of imidazole rings is 1. The minimum atomic E-state index is -0.759. The highest BCUT2D eigenvalue weighted by Gasteiger charge is 2.16. The Labute approximate surface area is 103 Å². The van der Waals surface area contributed by atoms with Gasteiger partial charge in [-0.25, -0.2) is 9.37 Å². The maximum Gasteiger partial charge on any atom is 0.241 e. The molecule has 6 heteroatoms. The van der Waals surface area contributed by atoms with Crippen molar-refractivity contribution in [3.8, 4) is 0 Å². The van der Waals surface area contributed by atoms with E-state index in [-0.39, 0.29) is 5.69 Å². The number of carbonyl (C=O) groups excluding carboxylic acids is 1. The normalized spacial score (nSPS) is 12.1. The molecule has 0 aliphatic rings. The summed E-state index contributed by atoms with van der Waals surface area (Å²) in [5.74, 6) is -0.922. The molecular formula is C12H13FN4O. The van der Waals surface area contributed by atoms with Gasteiger partial charge < -0.3 is 16.0 Å². The summed E-state index contributed by atoms with van der Waals surface area (Å²) >= 11 is 0. The number of rotatable bonds is 4. The first-order valence-electron chi connectivity index (χ1n) is 5.45. The Morgan fingerprint density at radius 2 is 2.28 bits per heavy atom. The molecule has 0 bridgehead atoms. The van der Waals surface area contributed by atoms with Crippen molar-refractivity contribution in [3.05, 3.63) is 48.3 Å². The van der Waals surface area contributed by atoms with Crippen LogP contribution in [-0.2, 0) is 11.2 Å². The van der Waals surface area contributed by atoms with Crippen LogP contribution in [0.5, 0.6) is 0 Å². The van der Waals surface area contributed by atoms with E-state index in [1.165, 1.54) is 18.5 Å². The molecule has 5 nitrogen and oxygen atoms in total. The van der Waals surface area contributed by atoms with Crippen molar-refractivity contribution < 1.29 is 9.18 Å². The van der Waals surface area contributed by atoms with Crippen molar-refractivity contribution in [1.82, 2.24) is 9.97 Å². The van der Waals surface area contributed by atoms with Crippen LogP contribution in [0.1, 0.15) is 5.69 Å². The molecule has 0 unspecified atom stereocenters. The number of nitrogens with zero attached hydrogens (tertiary/aromatic N) is 1. The summed E-state index contributed by atoms with van der Waals surface area (Å²) < 4.78 is 13.3. The molecule has 1 aromatic heterocycles. The number of nitrogens with one attached hydrogen (secondary N) is 2. The molecule has 0 radical (unpaired) electrons. The lowest BCUT2D eigenvalue weighted by atomic mass is 10.1. The highest BCUT2D eigenvalue weighted by molar-refractivity contribution is 5.94. The summed E-state index contributed by atoms with van der Waals surface area (Å²) in [5, 5.41) is 2.45. The largest absolute Gasteiger partial charge is 0.348 e. The lowest BCUT2D eigenvalue weighted by Gasteiger charge is -2.11. The molecule has 94 valence electrons. The van der Waals surface area contributed by atoms with Crippen molar-refractivity contribution in [1.29, 1.82) is 0 Å². The zero-order valence-electron chi connectivity index (χ0n) is 9.56. The lowest BCUT2D eigenvalue weighted by molar-refractivity contribution is -0.117. The highest BCUT2D eigenvalue weighted by atomic mass is 19.1. The fraction of sp³-hybridized carbons (Fsp3) is 0.167. The van der Waals surface area contributed by atoms with Gasteiger partial charge in [-0.1, -0.05) is 12.1 Å². The van der Waals surface area contributed by atoms with Crippen molar-refractivity contribution in [2.75, 3.05) is 5.32 Å². The maximum absolute atomic E-state index is 13.3. The fourth-order valence-electron chi connectivity index (χ4n) is 1.51. The van der Waals surface area contributed by atoms with E-state index in [1.54, 1.807) is 18.3 Å². The van der Waals surface area contributed by atoms with E-state index in [2.05, 4.69) is 15.3 Å². The zero-order chi connectivity index (χ0) is 13.0. The molecule has 0 saturated carbocycles. The molecule has 18 heavy (non-hydrogen) atoms. The van der Waals surface area contributed by atoms with E-state index in [9.17, 15) is 9.18 Å². The summed E-state index contributed by atoms with van der Waals surface area (Å²) in [6.07, 6.45) is 3.42. The Balaban J connectivity index is 1.98. The Hall–Kier alpha value is -2.21. The van der Waals surface area contributed by atoms with Crippen molar-refractivity contribution in [2.24, 2.45) is 5.73 Å². The van der Waals surface area contributed by atoms with Crippen molar-refractivity contribution in [2.45, 2.75) is 12.5 Å². The number of carbonyl (C=O) groups is 1. The quantitative estimate of drug-likeness (QED) is 0.756. The number of para-hydroxylation sites is 1. The van der Waals surface area contributed by atoms with Gasteiger partial charge in [-0.3, -0.25) is 4.79 Å². The van der Waals surface area contributed by atoms with Gasteiger partial charge >= 0.3 is 0 Å². The Kier molecular flexibility index (Phi) is 3.69. The van der Waals surface area contributed by atoms with Crippen LogP contribution in [0, 0.1) is 5.82 Å². The van der Waals surface area contributed by atoms with E-state index in [0.717, 1.165) is 5.69 Å². The highest BCUT2D eigenvalue weighted by Crippen LogP contribution is 2.12. The van der Waals surface area contributed by atoms with Gasteiger partial charge in [-0.05, 0) is 12.1 Å². The number of nitrogens with two attached hydrogens (primary N) is 1. The monoisotopic (exact) mass is 248 g/mol. The number of benzene rings is 1. The SMILES string of the molecule is N[C@H](Cc1cnc[nH]1)C(=O)Nc1ccccc1F. The second-order valence-electron chi connectivity index (χ2n) is 3.86. The minimum Gasteiger partial charge on any atom is -0.348 e. The molecule has 1 aromatic carbocycles. The molecule has 0 fully saturated rings. The van der Waals surface area contributed by atoms with E-state index in [0.29, 0.717) is 6.42 Å². The summed E-state index contributed by atoms with van der Waals surface area (Å²) in [4.78, 5) is 18.4. The average molecular weight is 248 g/mol. The molecule has 1 amide bonds. The number of hydrogen-bond acceptors (Lipinski definition) is 3. The van der Waals surface area contributed by atoms with Crippen LogP contribution >= 0.6 is 0 Å². The summed E-state index contributed by atoms with van der Waals surface area (Å²) in [7, 11) is 0. The predicted octanol–water partition coefficient (Wildman–Crippen LogP) is 1.06. The number of H-pyrrole nitrogens is 1. The third kappa shape index (κ3) is 2.92. The van der Waals surface area contributed by atoms with Crippen LogP contribution in [0.4, 0.5) is 10.1 Å². The molecule has 0 aliphatic carbocycles. The lowest BCUT2D eigenvalue weighted by Crippen LogP contribution is -2.37. The second-order valence-corrected chi connectivity index (χ2v) is 3.86. The van der Waals surface area contributed by atoms with Crippen LogP contribution in [-0.4, -0.2) is 21.9 Å². The summed E-state index contributed by atoms with van der Waals surface area (Å²) in [5.41, 5.74) is 6.61. The molecule has 0 aliphatic heterocycles. The van der Waals surface area contributed by atoms with Crippen molar-refractivity contribution in [3.63, 3.8) is 0 Å². The standard InChI is InChI=1S/C12H13FN4O/c13-9-3-1-2-4-11(9)17-12(18)10(14)5-8-6-15-7-16-8/h1-4,6-7,10H,5,14H2,(H,15,16)(H,17,18)/t10-/m1/s1. The Bertz CT molecular complexity index is 527. The fourth-order valence-corrected chi connectivity index (χ4v) is 1.51. The van der Waals surface area contributed by atoms with Gasteiger partial charge in [-0.15, -0.1) is 0 Å². The molecule has 2 aromatic rings. The minimum absolute atomic E-state index is 0.127. The van der Waals surface area contributed by atoms with Gasteiger partial charge in [0.2, 0.25) is 5.91 Å². The molecule has 2 rings (SSSR count). The van der Waals surface area contributed by atoms with E-state index < -0.39 is 17.8 Å². The zero-order valence-corrected chi connectivity index (χ0v) is 9.56. The third-order valence-corrected chi connectivity index (χ3v) is 2.46. The van der Waals surface area contributed by atoms with E-state index >= 15 is 0 Å². The molecule has 1 atom stereocenters. The topological polar surface area (TPSA) is 83.8 Å². The number of aromatic amines is 1. The van der Waals surface area contributed by atoms with Gasteiger partial charge in [0.15, 0.2) is 0 Å². The molecule has 0 saturated heterocycles. The van der Waals surface area contributed by atoms with E-state index in [1.807, 2.05) is 0 Å². The first-order valence-corrected chi connectivity index (χ1v) is 5.45. The summed E-state index contributed by atoms with van der Waals surface area (Å²) in [6.45, 7) is 0. The van der Waals surface area contributed by atoms with Crippen LogP contribution < -0.4 is 11.1 Å². The van der Waals surface area contributed by atoms with Gasteiger partial charge in [0.1, 0.15) is 5.82 Å². The van der Waals surface area contributed by atoms with Crippen LogP contribution in [0.2, 0.25) is 0 Å². The number of amides is 1.